The minimum absolute atomic E-state index is 0.315. The van der Waals surface area contributed by atoms with E-state index in [2.05, 4.69) is 4.98 Å². The first kappa shape index (κ1) is 12.6. The summed E-state index contributed by atoms with van der Waals surface area (Å²) in [4.78, 5) is 15.9. The first-order valence-corrected chi connectivity index (χ1v) is 6.53. The van der Waals surface area contributed by atoms with Crippen molar-refractivity contribution in [1.82, 2.24) is 4.98 Å². The van der Waals surface area contributed by atoms with E-state index in [9.17, 15) is 4.79 Å². The maximum Gasteiger partial charge on any atom is 0.347 e. The van der Waals surface area contributed by atoms with Gasteiger partial charge in [0.05, 0.1) is 5.69 Å². The first-order chi connectivity index (χ1) is 8.63. The predicted molar refractivity (Wildman–Crippen MR) is 72.9 cm³/mol. The minimum atomic E-state index is -0.920. The van der Waals surface area contributed by atoms with Crippen LogP contribution >= 0.6 is 11.3 Å². The Morgan fingerprint density at radius 2 is 2.17 bits per heavy atom. The van der Waals surface area contributed by atoms with Crippen molar-refractivity contribution >= 4 is 23.0 Å². The lowest BCUT2D eigenvalue weighted by Crippen LogP contribution is -1.98. The molecular formula is C13H14N2O2S. The number of anilines is 1. The number of carboxylic acids is 1. The molecule has 0 radical (unpaired) electrons. The third kappa shape index (κ3) is 2.36. The van der Waals surface area contributed by atoms with Gasteiger partial charge in [0.25, 0.3) is 0 Å². The van der Waals surface area contributed by atoms with E-state index in [0.717, 1.165) is 12.0 Å². The number of thiazole rings is 1. The number of aryl methyl sites for hydroxylation is 1. The molecule has 1 aromatic heterocycles. The summed E-state index contributed by atoms with van der Waals surface area (Å²) in [6, 6.07) is 7.36. The van der Waals surface area contributed by atoms with Gasteiger partial charge in [0.2, 0.25) is 0 Å². The summed E-state index contributed by atoms with van der Waals surface area (Å²) in [5.74, 6) is -0.920. The number of benzene rings is 1. The fourth-order valence-electron chi connectivity index (χ4n) is 1.73. The maximum absolute atomic E-state index is 11.2. The monoisotopic (exact) mass is 262 g/mol. The van der Waals surface area contributed by atoms with E-state index in [1.807, 2.05) is 25.1 Å². The highest BCUT2D eigenvalue weighted by atomic mass is 32.1. The fourth-order valence-corrected chi connectivity index (χ4v) is 2.73. The Labute approximate surface area is 109 Å². The molecule has 0 fully saturated rings. The van der Waals surface area contributed by atoms with E-state index in [4.69, 9.17) is 10.8 Å². The lowest BCUT2D eigenvalue weighted by Gasteiger charge is -1.99. The van der Waals surface area contributed by atoms with E-state index in [-0.39, 0.29) is 0 Å². The van der Waals surface area contributed by atoms with Crippen LogP contribution in [0.1, 0.15) is 28.7 Å². The Balaban J connectivity index is 2.50. The Morgan fingerprint density at radius 1 is 1.44 bits per heavy atom. The van der Waals surface area contributed by atoms with Gasteiger partial charge in [-0.3, -0.25) is 0 Å². The zero-order valence-corrected chi connectivity index (χ0v) is 10.8. The summed E-state index contributed by atoms with van der Waals surface area (Å²) in [7, 11) is 0. The SMILES string of the molecule is CCCc1nc(-c2ccccc2N)sc1C(=O)O. The van der Waals surface area contributed by atoms with Crippen LogP contribution < -0.4 is 5.73 Å². The summed E-state index contributed by atoms with van der Waals surface area (Å²) in [5, 5.41) is 9.84. The summed E-state index contributed by atoms with van der Waals surface area (Å²) < 4.78 is 0. The van der Waals surface area contributed by atoms with Crippen LogP contribution in [0.3, 0.4) is 0 Å². The number of aromatic carboxylic acids is 1. The number of carboxylic acid groups (broad SMARTS) is 1. The molecule has 0 saturated heterocycles. The van der Waals surface area contributed by atoms with E-state index >= 15 is 0 Å². The molecule has 1 aromatic carbocycles. The van der Waals surface area contributed by atoms with Crippen molar-refractivity contribution in [2.75, 3.05) is 5.73 Å². The van der Waals surface area contributed by atoms with E-state index < -0.39 is 5.97 Å². The largest absolute Gasteiger partial charge is 0.477 e. The van der Waals surface area contributed by atoms with Gasteiger partial charge in [-0.05, 0) is 18.6 Å². The Hall–Kier alpha value is -1.88. The van der Waals surface area contributed by atoms with Crippen LogP contribution in [0, 0.1) is 0 Å². The van der Waals surface area contributed by atoms with Gasteiger partial charge in [0, 0.05) is 11.3 Å². The third-order valence-electron chi connectivity index (χ3n) is 2.57. The van der Waals surface area contributed by atoms with Crippen LogP contribution in [-0.4, -0.2) is 16.1 Å². The molecule has 0 aliphatic carbocycles. The fraction of sp³-hybridized carbons (Fsp3) is 0.231. The minimum Gasteiger partial charge on any atom is -0.477 e. The highest BCUT2D eigenvalue weighted by molar-refractivity contribution is 7.17. The lowest BCUT2D eigenvalue weighted by molar-refractivity contribution is 0.0700. The van der Waals surface area contributed by atoms with Gasteiger partial charge in [0.15, 0.2) is 0 Å². The molecule has 0 atom stereocenters. The molecule has 4 nitrogen and oxygen atoms in total. The van der Waals surface area contributed by atoms with Crippen molar-refractivity contribution in [1.29, 1.82) is 0 Å². The summed E-state index contributed by atoms with van der Waals surface area (Å²) in [6.45, 7) is 2.00. The smallest absolute Gasteiger partial charge is 0.347 e. The molecule has 0 aliphatic heterocycles. The molecule has 0 saturated carbocycles. The number of nitrogen functional groups attached to an aromatic ring is 1. The van der Waals surface area contributed by atoms with Gasteiger partial charge < -0.3 is 10.8 Å². The molecule has 0 amide bonds. The molecule has 2 rings (SSSR count). The van der Waals surface area contributed by atoms with Gasteiger partial charge >= 0.3 is 5.97 Å². The normalized spacial score (nSPS) is 10.5. The highest BCUT2D eigenvalue weighted by Gasteiger charge is 2.18. The molecule has 18 heavy (non-hydrogen) atoms. The van der Waals surface area contributed by atoms with Crippen LogP contribution in [0.5, 0.6) is 0 Å². The molecule has 2 aromatic rings. The van der Waals surface area contributed by atoms with Crippen LogP contribution in [0.25, 0.3) is 10.6 Å². The van der Waals surface area contributed by atoms with Gasteiger partial charge in [-0.1, -0.05) is 25.5 Å². The van der Waals surface area contributed by atoms with Crippen LogP contribution in [-0.2, 0) is 6.42 Å². The van der Waals surface area contributed by atoms with Crippen molar-refractivity contribution in [2.45, 2.75) is 19.8 Å². The number of nitrogens with zero attached hydrogens (tertiary/aromatic N) is 1. The topological polar surface area (TPSA) is 76.2 Å². The van der Waals surface area contributed by atoms with Crippen molar-refractivity contribution in [3.05, 3.63) is 34.8 Å². The number of para-hydroxylation sites is 1. The number of aromatic nitrogens is 1. The average Bonchev–Trinajstić information content (AvgIpc) is 2.74. The van der Waals surface area contributed by atoms with Crippen molar-refractivity contribution in [3.63, 3.8) is 0 Å². The van der Waals surface area contributed by atoms with Crippen LogP contribution in [0.15, 0.2) is 24.3 Å². The number of rotatable bonds is 4. The number of hydrogen-bond acceptors (Lipinski definition) is 4. The second-order valence-corrected chi connectivity index (χ2v) is 4.94. The number of carbonyl (C=O) groups is 1. The maximum atomic E-state index is 11.2. The number of hydrogen-bond donors (Lipinski definition) is 2. The second kappa shape index (κ2) is 5.18. The highest BCUT2D eigenvalue weighted by Crippen LogP contribution is 2.32. The quantitative estimate of drug-likeness (QED) is 0.830. The summed E-state index contributed by atoms with van der Waals surface area (Å²) in [6.07, 6.45) is 1.54. The van der Waals surface area contributed by atoms with Crippen molar-refractivity contribution in [2.24, 2.45) is 0 Å². The van der Waals surface area contributed by atoms with Gasteiger partial charge in [0.1, 0.15) is 9.88 Å². The number of nitrogens with two attached hydrogens (primary N) is 1. The molecule has 0 aliphatic rings. The summed E-state index contributed by atoms with van der Waals surface area (Å²) in [5.41, 5.74) is 7.94. The zero-order chi connectivity index (χ0) is 13.1. The summed E-state index contributed by atoms with van der Waals surface area (Å²) >= 11 is 1.18. The third-order valence-corrected chi connectivity index (χ3v) is 3.69. The molecular weight excluding hydrogens is 248 g/mol. The van der Waals surface area contributed by atoms with Gasteiger partial charge in [-0.25, -0.2) is 9.78 Å². The molecule has 3 N–H and O–H groups in total. The average molecular weight is 262 g/mol. The standard InChI is InChI=1S/C13H14N2O2S/c1-2-5-10-11(13(16)17)18-12(15-10)8-6-3-4-7-9(8)14/h3-4,6-7H,2,5,14H2,1H3,(H,16,17). The van der Waals surface area contributed by atoms with Crippen molar-refractivity contribution < 1.29 is 9.90 Å². The Kier molecular flexibility index (Phi) is 3.62. The van der Waals surface area contributed by atoms with E-state index in [1.165, 1.54) is 11.3 Å². The van der Waals surface area contributed by atoms with Gasteiger partial charge in [-0.2, -0.15) is 0 Å². The molecule has 0 unspecified atom stereocenters. The van der Waals surface area contributed by atoms with Crippen molar-refractivity contribution in [3.8, 4) is 10.6 Å². The Bertz CT molecular complexity index is 578. The van der Waals surface area contributed by atoms with E-state index in [0.29, 0.717) is 27.7 Å². The molecule has 1 heterocycles. The first-order valence-electron chi connectivity index (χ1n) is 5.71. The predicted octanol–water partition coefficient (Wildman–Crippen LogP) is 3.04. The molecule has 0 spiro atoms. The zero-order valence-electron chi connectivity index (χ0n) is 10.0. The molecule has 5 heteroatoms. The van der Waals surface area contributed by atoms with Crippen LogP contribution in [0.4, 0.5) is 5.69 Å². The lowest BCUT2D eigenvalue weighted by atomic mass is 10.2. The van der Waals surface area contributed by atoms with E-state index in [1.54, 1.807) is 6.07 Å². The second-order valence-electron chi connectivity index (χ2n) is 3.94. The molecule has 0 bridgehead atoms. The van der Waals surface area contributed by atoms with Crippen LogP contribution in [0.2, 0.25) is 0 Å². The van der Waals surface area contributed by atoms with Gasteiger partial charge in [-0.15, -0.1) is 11.3 Å². The molecule has 94 valence electrons. The Morgan fingerprint density at radius 3 is 2.78 bits per heavy atom.